The Hall–Kier alpha value is -2.46. The summed E-state index contributed by atoms with van der Waals surface area (Å²) in [6.07, 6.45) is 3.76. The maximum absolute atomic E-state index is 6.04. The Bertz CT molecular complexity index is 958. The SMILES string of the molecule is C=C(c1cccc(C)c1C)N1CCN(c2ccc(OCCCN3CCCC(C)(C)C3)cc2)CC1. The Kier molecular flexibility index (Phi) is 7.88. The molecule has 0 aromatic heterocycles. The molecule has 0 N–H and O–H groups in total. The van der Waals surface area contributed by atoms with Crippen LogP contribution >= 0.6 is 0 Å². The fourth-order valence-electron chi connectivity index (χ4n) is 5.44. The Morgan fingerprint density at radius 1 is 0.971 bits per heavy atom. The molecule has 0 spiro atoms. The van der Waals surface area contributed by atoms with E-state index >= 15 is 0 Å². The fraction of sp³-hybridized carbons (Fsp3) is 0.533. The van der Waals surface area contributed by atoms with Gasteiger partial charge in [-0.15, -0.1) is 0 Å². The summed E-state index contributed by atoms with van der Waals surface area (Å²) in [6.45, 7) is 22.0. The first kappa shape index (κ1) is 24.7. The highest BCUT2D eigenvalue weighted by Crippen LogP contribution is 2.29. The summed E-state index contributed by atoms with van der Waals surface area (Å²) in [6, 6.07) is 15.2. The zero-order chi connectivity index (χ0) is 24.1. The van der Waals surface area contributed by atoms with Crippen LogP contribution < -0.4 is 9.64 Å². The Morgan fingerprint density at radius 2 is 1.71 bits per heavy atom. The van der Waals surface area contributed by atoms with Gasteiger partial charge in [-0.25, -0.2) is 0 Å². The average Bonchev–Trinajstić information content (AvgIpc) is 2.83. The second-order valence-electron chi connectivity index (χ2n) is 10.9. The monoisotopic (exact) mass is 461 g/mol. The van der Waals surface area contributed by atoms with E-state index in [4.69, 9.17) is 4.74 Å². The first-order valence-electron chi connectivity index (χ1n) is 13.0. The van der Waals surface area contributed by atoms with Gasteiger partial charge in [0.1, 0.15) is 5.75 Å². The molecular formula is C30H43N3O. The van der Waals surface area contributed by atoms with E-state index in [2.05, 4.69) is 91.4 Å². The molecule has 2 fully saturated rings. The van der Waals surface area contributed by atoms with Crippen LogP contribution in [0.25, 0.3) is 5.70 Å². The lowest BCUT2D eigenvalue weighted by Gasteiger charge is -2.38. The Labute approximate surface area is 207 Å². The molecule has 2 aliphatic heterocycles. The standard InChI is InChI=1S/C30H43N3O/c1-24-9-6-10-29(25(24)2)26(3)32-18-20-33(21-19-32)27-11-13-28(14-12-27)34-22-8-17-31-16-7-15-30(4,5)23-31/h6,9-14H,3,7-8,15-23H2,1-2,4-5H3. The van der Waals surface area contributed by atoms with E-state index in [1.807, 2.05) is 0 Å². The molecule has 2 aromatic rings. The normalized spacial score (nSPS) is 18.7. The van der Waals surface area contributed by atoms with Gasteiger partial charge in [-0.05, 0) is 80.5 Å². The number of aryl methyl sites for hydroxylation is 1. The Balaban J connectivity index is 1.21. The second kappa shape index (κ2) is 10.9. The summed E-state index contributed by atoms with van der Waals surface area (Å²) in [5, 5.41) is 0. The summed E-state index contributed by atoms with van der Waals surface area (Å²) in [7, 11) is 0. The van der Waals surface area contributed by atoms with Gasteiger partial charge in [0, 0.05) is 56.2 Å². The summed E-state index contributed by atoms with van der Waals surface area (Å²) in [5.74, 6) is 0.977. The molecule has 4 nitrogen and oxygen atoms in total. The average molecular weight is 462 g/mol. The van der Waals surface area contributed by atoms with Crippen LogP contribution in [0, 0.1) is 19.3 Å². The van der Waals surface area contributed by atoms with E-state index in [0.717, 1.165) is 57.2 Å². The molecule has 0 unspecified atom stereocenters. The van der Waals surface area contributed by atoms with Crippen molar-refractivity contribution in [3.63, 3.8) is 0 Å². The Morgan fingerprint density at radius 3 is 2.41 bits per heavy atom. The number of hydrogen-bond acceptors (Lipinski definition) is 4. The summed E-state index contributed by atoms with van der Waals surface area (Å²) in [5.41, 5.74) is 6.84. The number of rotatable bonds is 8. The lowest BCUT2D eigenvalue weighted by atomic mass is 9.84. The topological polar surface area (TPSA) is 19.0 Å². The predicted octanol–water partition coefficient (Wildman–Crippen LogP) is 5.99. The van der Waals surface area contributed by atoms with Gasteiger partial charge in [0.2, 0.25) is 0 Å². The van der Waals surface area contributed by atoms with Crippen LogP contribution in [0.3, 0.4) is 0 Å². The molecule has 0 aliphatic carbocycles. The van der Waals surface area contributed by atoms with E-state index < -0.39 is 0 Å². The van der Waals surface area contributed by atoms with Crippen molar-refractivity contribution < 1.29 is 4.74 Å². The highest BCUT2D eigenvalue weighted by atomic mass is 16.5. The van der Waals surface area contributed by atoms with Crippen LogP contribution in [-0.4, -0.2) is 62.2 Å². The summed E-state index contributed by atoms with van der Waals surface area (Å²) < 4.78 is 6.04. The van der Waals surface area contributed by atoms with Gasteiger partial charge in [0.05, 0.1) is 6.61 Å². The molecule has 2 aromatic carbocycles. The smallest absolute Gasteiger partial charge is 0.119 e. The van der Waals surface area contributed by atoms with E-state index in [-0.39, 0.29) is 0 Å². The first-order valence-corrected chi connectivity index (χ1v) is 13.0. The van der Waals surface area contributed by atoms with Crippen LogP contribution in [0.4, 0.5) is 5.69 Å². The number of piperazine rings is 1. The van der Waals surface area contributed by atoms with E-state index in [1.165, 1.54) is 48.3 Å². The molecule has 4 rings (SSSR count). The van der Waals surface area contributed by atoms with Gasteiger partial charge in [0.15, 0.2) is 0 Å². The molecule has 0 radical (unpaired) electrons. The molecule has 2 saturated heterocycles. The van der Waals surface area contributed by atoms with Crippen molar-refractivity contribution in [1.82, 2.24) is 9.80 Å². The molecule has 4 heteroatoms. The molecule has 34 heavy (non-hydrogen) atoms. The third kappa shape index (κ3) is 6.15. The zero-order valence-corrected chi connectivity index (χ0v) is 21.8. The van der Waals surface area contributed by atoms with Crippen LogP contribution in [-0.2, 0) is 0 Å². The first-order chi connectivity index (χ1) is 16.3. The predicted molar refractivity (Wildman–Crippen MR) is 145 cm³/mol. The lowest BCUT2D eigenvalue weighted by molar-refractivity contribution is 0.111. The minimum absolute atomic E-state index is 0.465. The second-order valence-corrected chi connectivity index (χ2v) is 10.9. The van der Waals surface area contributed by atoms with Crippen molar-refractivity contribution in [2.45, 2.75) is 47.0 Å². The van der Waals surface area contributed by atoms with Crippen molar-refractivity contribution >= 4 is 11.4 Å². The van der Waals surface area contributed by atoms with Crippen molar-refractivity contribution in [3.8, 4) is 5.75 Å². The quantitative estimate of drug-likeness (QED) is 0.450. The number of piperidine rings is 1. The van der Waals surface area contributed by atoms with Crippen LogP contribution in [0.15, 0.2) is 49.0 Å². The molecule has 184 valence electrons. The van der Waals surface area contributed by atoms with Gasteiger partial charge in [-0.3, -0.25) is 0 Å². The number of benzene rings is 2. The van der Waals surface area contributed by atoms with E-state index in [9.17, 15) is 0 Å². The number of likely N-dealkylation sites (tertiary alicyclic amines) is 1. The molecule has 2 aliphatic rings. The molecule has 2 heterocycles. The molecule has 0 saturated carbocycles. The highest BCUT2D eigenvalue weighted by Gasteiger charge is 2.25. The van der Waals surface area contributed by atoms with Gasteiger partial charge in [-0.1, -0.05) is 38.6 Å². The largest absolute Gasteiger partial charge is 0.494 e. The number of hydrogen-bond donors (Lipinski definition) is 0. The molecular weight excluding hydrogens is 418 g/mol. The third-order valence-corrected chi connectivity index (χ3v) is 7.65. The minimum atomic E-state index is 0.465. The van der Waals surface area contributed by atoms with E-state index in [1.54, 1.807) is 0 Å². The van der Waals surface area contributed by atoms with Gasteiger partial charge in [-0.2, -0.15) is 0 Å². The van der Waals surface area contributed by atoms with Crippen LogP contribution in [0.2, 0.25) is 0 Å². The summed E-state index contributed by atoms with van der Waals surface area (Å²) in [4.78, 5) is 7.50. The molecule has 0 atom stereocenters. The maximum Gasteiger partial charge on any atom is 0.119 e. The van der Waals surface area contributed by atoms with Crippen molar-refractivity contribution in [2.75, 3.05) is 57.3 Å². The number of anilines is 1. The van der Waals surface area contributed by atoms with Gasteiger partial charge < -0.3 is 19.4 Å². The lowest BCUT2D eigenvalue weighted by Crippen LogP contribution is -2.45. The number of nitrogens with zero attached hydrogens (tertiary/aromatic N) is 3. The van der Waals surface area contributed by atoms with E-state index in [0.29, 0.717) is 5.41 Å². The van der Waals surface area contributed by atoms with Gasteiger partial charge >= 0.3 is 0 Å². The zero-order valence-electron chi connectivity index (χ0n) is 21.8. The van der Waals surface area contributed by atoms with Gasteiger partial charge in [0.25, 0.3) is 0 Å². The van der Waals surface area contributed by atoms with Crippen molar-refractivity contribution in [2.24, 2.45) is 5.41 Å². The van der Waals surface area contributed by atoms with Crippen LogP contribution in [0.5, 0.6) is 5.75 Å². The molecule has 0 amide bonds. The molecule has 0 bridgehead atoms. The highest BCUT2D eigenvalue weighted by molar-refractivity contribution is 5.66. The summed E-state index contributed by atoms with van der Waals surface area (Å²) >= 11 is 0. The third-order valence-electron chi connectivity index (χ3n) is 7.65. The maximum atomic E-state index is 6.04. The number of ether oxygens (including phenoxy) is 1. The minimum Gasteiger partial charge on any atom is -0.494 e. The van der Waals surface area contributed by atoms with Crippen molar-refractivity contribution in [1.29, 1.82) is 0 Å². The van der Waals surface area contributed by atoms with Crippen molar-refractivity contribution in [3.05, 3.63) is 65.7 Å². The fourth-order valence-corrected chi connectivity index (χ4v) is 5.44. The van der Waals surface area contributed by atoms with Crippen LogP contribution in [0.1, 0.15) is 49.8 Å².